The first-order chi connectivity index (χ1) is 5.43. The highest BCUT2D eigenvalue weighted by Crippen LogP contribution is 2.03. The van der Waals surface area contributed by atoms with Crippen LogP contribution in [0.4, 0.5) is 0 Å². The predicted octanol–water partition coefficient (Wildman–Crippen LogP) is 0.447. The summed E-state index contributed by atoms with van der Waals surface area (Å²) in [6.07, 6.45) is -0.0314. The molecule has 0 bridgehead atoms. The van der Waals surface area contributed by atoms with E-state index in [0.29, 0.717) is 0 Å². The van der Waals surface area contributed by atoms with Crippen LogP contribution in [0.5, 0.6) is 0 Å². The molecule has 1 unspecified atom stereocenters. The molecule has 5 nitrogen and oxygen atoms in total. The number of nitrogens with zero attached hydrogens (tertiary/aromatic N) is 1. The summed E-state index contributed by atoms with van der Waals surface area (Å²) in [6, 6.07) is 0. The van der Waals surface area contributed by atoms with Gasteiger partial charge in [0.05, 0.1) is 0 Å². The van der Waals surface area contributed by atoms with Crippen LogP contribution >= 0.6 is 0 Å². The summed E-state index contributed by atoms with van der Waals surface area (Å²) < 4.78 is 0. The third kappa shape index (κ3) is 4.54. The zero-order valence-corrected chi connectivity index (χ0v) is 7.07. The highest BCUT2D eigenvalue weighted by molar-refractivity contribution is 5.86. The summed E-state index contributed by atoms with van der Waals surface area (Å²) in [6.45, 7) is 2.27. The van der Waals surface area contributed by atoms with Crippen molar-refractivity contribution >= 4 is 11.6 Å². The van der Waals surface area contributed by atoms with Crippen LogP contribution in [0.3, 0.4) is 0 Å². The van der Waals surface area contributed by atoms with Crippen molar-refractivity contribution in [1.82, 2.24) is 0 Å². The van der Waals surface area contributed by atoms with Crippen LogP contribution in [0.15, 0.2) is 0 Å². The van der Waals surface area contributed by atoms with Crippen LogP contribution in [0.25, 0.3) is 0 Å². The second kappa shape index (κ2) is 4.58. The average molecular weight is 173 g/mol. The first kappa shape index (κ1) is 10.7. The molecule has 12 heavy (non-hydrogen) atoms. The van der Waals surface area contributed by atoms with E-state index in [9.17, 15) is 19.7 Å². The first-order valence-corrected chi connectivity index (χ1v) is 3.57. The van der Waals surface area contributed by atoms with Gasteiger partial charge in [0.25, 0.3) is 6.54 Å². The van der Waals surface area contributed by atoms with Gasteiger partial charge in [-0.2, -0.15) is 0 Å². The summed E-state index contributed by atoms with van der Waals surface area (Å²) in [5.74, 6) is -1.02. The SMILES string of the molecule is CC(=O)C(C)CC(=O)C[N+](=O)[O-]. The zero-order chi connectivity index (χ0) is 9.72. The lowest BCUT2D eigenvalue weighted by Gasteiger charge is -2.02. The average Bonchev–Trinajstić information content (AvgIpc) is 1.84. The quantitative estimate of drug-likeness (QED) is 0.446. The van der Waals surface area contributed by atoms with Crippen LogP contribution < -0.4 is 0 Å². The minimum Gasteiger partial charge on any atom is -0.300 e. The van der Waals surface area contributed by atoms with Crippen molar-refractivity contribution < 1.29 is 14.5 Å². The summed E-state index contributed by atoms with van der Waals surface area (Å²) >= 11 is 0. The molecule has 0 aliphatic heterocycles. The van der Waals surface area contributed by atoms with Gasteiger partial charge < -0.3 is 0 Å². The molecule has 0 aliphatic rings. The van der Waals surface area contributed by atoms with Crippen LogP contribution in [-0.2, 0) is 9.59 Å². The fourth-order valence-electron chi connectivity index (χ4n) is 0.694. The molecule has 0 spiro atoms. The molecule has 68 valence electrons. The topological polar surface area (TPSA) is 77.3 Å². The summed E-state index contributed by atoms with van der Waals surface area (Å²) in [5, 5.41) is 9.86. The molecule has 0 fully saturated rings. The van der Waals surface area contributed by atoms with E-state index in [4.69, 9.17) is 0 Å². The molecular formula is C7H11NO4. The fraction of sp³-hybridized carbons (Fsp3) is 0.714. The van der Waals surface area contributed by atoms with Crippen molar-refractivity contribution in [3.05, 3.63) is 10.1 Å². The second-order valence-electron chi connectivity index (χ2n) is 2.75. The smallest absolute Gasteiger partial charge is 0.261 e. The van der Waals surface area contributed by atoms with Gasteiger partial charge in [0.15, 0.2) is 0 Å². The minimum absolute atomic E-state index is 0.0314. The van der Waals surface area contributed by atoms with E-state index in [1.807, 2.05) is 0 Å². The standard InChI is InChI=1S/C7H11NO4/c1-5(6(2)9)3-7(10)4-8(11)12/h5H,3-4H2,1-2H3. The van der Waals surface area contributed by atoms with Crippen molar-refractivity contribution in [1.29, 1.82) is 0 Å². The Morgan fingerprint density at radius 1 is 1.50 bits per heavy atom. The minimum atomic E-state index is -0.685. The Hall–Kier alpha value is -1.26. The number of rotatable bonds is 5. The van der Waals surface area contributed by atoms with Gasteiger partial charge in [0.1, 0.15) is 5.78 Å². The zero-order valence-electron chi connectivity index (χ0n) is 7.07. The van der Waals surface area contributed by atoms with Crippen molar-refractivity contribution in [3.63, 3.8) is 0 Å². The Bertz CT molecular complexity index is 211. The Kier molecular flexibility index (Phi) is 4.10. The largest absolute Gasteiger partial charge is 0.300 e. The molecule has 1 atom stereocenters. The van der Waals surface area contributed by atoms with Gasteiger partial charge in [-0.1, -0.05) is 6.92 Å². The molecule has 0 saturated carbocycles. The van der Waals surface area contributed by atoms with Crippen molar-refractivity contribution in [2.24, 2.45) is 5.92 Å². The van der Waals surface area contributed by atoms with Crippen LogP contribution in [0.1, 0.15) is 20.3 Å². The molecular weight excluding hydrogens is 162 g/mol. The van der Waals surface area contributed by atoms with Crippen molar-refractivity contribution in [2.45, 2.75) is 20.3 Å². The maximum absolute atomic E-state index is 10.8. The van der Waals surface area contributed by atoms with Gasteiger partial charge in [-0.05, 0) is 6.92 Å². The normalized spacial score (nSPS) is 12.2. The molecule has 0 aromatic rings. The Labute approximate surface area is 69.9 Å². The highest BCUT2D eigenvalue weighted by atomic mass is 16.6. The number of nitro groups is 1. The number of ketones is 2. The number of hydrogen-bond donors (Lipinski definition) is 0. The molecule has 0 aliphatic carbocycles. The fourth-order valence-corrected chi connectivity index (χ4v) is 0.694. The van der Waals surface area contributed by atoms with Gasteiger partial charge in [-0.15, -0.1) is 0 Å². The molecule has 0 amide bonds. The predicted molar refractivity (Wildman–Crippen MR) is 41.3 cm³/mol. The number of Topliss-reactive ketones (excluding diaryl/α,β-unsaturated/α-hetero) is 2. The van der Waals surface area contributed by atoms with Crippen molar-refractivity contribution in [2.75, 3.05) is 6.54 Å². The molecule has 0 aromatic carbocycles. The van der Waals surface area contributed by atoms with Crippen LogP contribution in [-0.4, -0.2) is 23.0 Å². The van der Waals surface area contributed by atoms with E-state index in [1.54, 1.807) is 6.92 Å². The lowest BCUT2D eigenvalue weighted by atomic mass is 10.0. The molecule has 0 saturated heterocycles. The Morgan fingerprint density at radius 2 is 2.00 bits per heavy atom. The van der Waals surface area contributed by atoms with E-state index < -0.39 is 23.2 Å². The van der Waals surface area contributed by atoms with Gasteiger partial charge in [-0.25, -0.2) is 0 Å². The lowest BCUT2D eigenvalue weighted by molar-refractivity contribution is -0.467. The molecule has 0 heterocycles. The summed E-state index contributed by atoms with van der Waals surface area (Å²) in [4.78, 5) is 30.6. The summed E-state index contributed by atoms with van der Waals surface area (Å²) in [7, 11) is 0. The Morgan fingerprint density at radius 3 is 2.33 bits per heavy atom. The van der Waals surface area contributed by atoms with Gasteiger partial charge in [-0.3, -0.25) is 19.7 Å². The molecule has 0 rings (SSSR count). The number of carbonyl (C=O) groups is 2. The lowest BCUT2D eigenvalue weighted by Crippen LogP contribution is -2.19. The van der Waals surface area contributed by atoms with Crippen molar-refractivity contribution in [3.8, 4) is 0 Å². The first-order valence-electron chi connectivity index (χ1n) is 3.57. The number of carbonyl (C=O) groups excluding carboxylic acids is 2. The molecule has 0 N–H and O–H groups in total. The van der Waals surface area contributed by atoms with Crippen LogP contribution in [0, 0.1) is 16.0 Å². The maximum Gasteiger partial charge on any atom is 0.261 e. The molecule has 0 aromatic heterocycles. The van der Waals surface area contributed by atoms with Gasteiger partial charge in [0, 0.05) is 17.3 Å². The van der Waals surface area contributed by atoms with Gasteiger partial charge in [0.2, 0.25) is 5.78 Å². The number of hydrogen-bond acceptors (Lipinski definition) is 4. The second-order valence-corrected chi connectivity index (χ2v) is 2.75. The van der Waals surface area contributed by atoms with Gasteiger partial charge >= 0.3 is 0 Å². The van der Waals surface area contributed by atoms with E-state index >= 15 is 0 Å². The van der Waals surface area contributed by atoms with E-state index in [1.165, 1.54) is 6.92 Å². The Balaban J connectivity index is 3.85. The van der Waals surface area contributed by atoms with E-state index in [-0.39, 0.29) is 12.2 Å². The van der Waals surface area contributed by atoms with E-state index in [2.05, 4.69) is 0 Å². The van der Waals surface area contributed by atoms with Crippen LogP contribution in [0.2, 0.25) is 0 Å². The van der Waals surface area contributed by atoms with E-state index in [0.717, 1.165) is 0 Å². The third-order valence-electron chi connectivity index (χ3n) is 1.53. The monoisotopic (exact) mass is 173 g/mol. The summed E-state index contributed by atoms with van der Waals surface area (Å²) in [5.41, 5.74) is 0. The molecule has 0 radical (unpaired) electrons. The highest BCUT2D eigenvalue weighted by Gasteiger charge is 2.16. The molecule has 5 heteroatoms. The third-order valence-corrected chi connectivity index (χ3v) is 1.53. The maximum atomic E-state index is 10.8.